The lowest BCUT2D eigenvalue weighted by Crippen LogP contribution is -2.59. The first-order valence-corrected chi connectivity index (χ1v) is 13.4. The average molecular weight is 468 g/mol. The van der Waals surface area contributed by atoms with E-state index in [2.05, 4.69) is 20.6 Å². The van der Waals surface area contributed by atoms with E-state index in [9.17, 15) is 4.79 Å². The molecule has 186 valence electrons. The highest BCUT2D eigenvalue weighted by Crippen LogP contribution is 2.35. The van der Waals surface area contributed by atoms with E-state index in [1.165, 1.54) is 70.2 Å². The van der Waals surface area contributed by atoms with Crippen LogP contribution in [0.5, 0.6) is 0 Å². The summed E-state index contributed by atoms with van der Waals surface area (Å²) >= 11 is 0. The molecule has 1 aliphatic heterocycles. The van der Waals surface area contributed by atoms with Crippen LogP contribution in [0.3, 0.4) is 0 Å². The van der Waals surface area contributed by atoms with Crippen LogP contribution in [0.15, 0.2) is 16.5 Å². The van der Waals surface area contributed by atoms with Crippen molar-refractivity contribution in [3.05, 3.63) is 40.6 Å². The summed E-state index contributed by atoms with van der Waals surface area (Å²) in [4.78, 5) is 15.8. The van der Waals surface area contributed by atoms with Crippen LogP contribution in [0, 0.1) is 6.92 Å². The maximum absolute atomic E-state index is 13.0. The monoisotopic (exact) mass is 467 g/mol. The van der Waals surface area contributed by atoms with Crippen molar-refractivity contribution in [1.82, 2.24) is 25.3 Å². The van der Waals surface area contributed by atoms with Crippen molar-refractivity contribution in [2.24, 2.45) is 7.05 Å². The van der Waals surface area contributed by atoms with E-state index in [4.69, 9.17) is 4.42 Å². The summed E-state index contributed by atoms with van der Waals surface area (Å²) in [6, 6.07) is 4.23. The number of rotatable bonds is 7. The Kier molecular flexibility index (Phi) is 7.11. The second-order valence-corrected chi connectivity index (χ2v) is 10.7. The van der Waals surface area contributed by atoms with Crippen molar-refractivity contribution < 1.29 is 9.21 Å². The molecule has 5 rings (SSSR count). The molecule has 0 unspecified atom stereocenters. The Labute approximate surface area is 203 Å². The number of amides is 1. The fraction of sp³-hybridized carbons (Fsp3) is 0.704. The zero-order valence-electron chi connectivity index (χ0n) is 21.0. The number of piperidine rings is 1. The fourth-order valence-electron chi connectivity index (χ4n) is 6.49. The minimum absolute atomic E-state index is 0.108. The van der Waals surface area contributed by atoms with Gasteiger partial charge in [0.05, 0.1) is 6.54 Å². The van der Waals surface area contributed by atoms with Crippen LogP contribution >= 0.6 is 0 Å². The van der Waals surface area contributed by atoms with Crippen LogP contribution in [0.25, 0.3) is 0 Å². The van der Waals surface area contributed by atoms with Gasteiger partial charge in [-0.05, 0) is 77.1 Å². The average Bonchev–Trinajstić information content (AvgIpc) is 3.44. The lowest BCUT2D eigenvalue weighted by molar-refractivity contribution is 0.0310. The van der Waals surface area contributed by atoms with Crippen LogP contribution in [0.2, 0.25) is 0 Å². The number of likely N-dealkylation sites (tertiary alicyclic amines) is 1. The summed E-state index contributed by atoms with van der Waals surface area (Å²) in [6.45, 7) is 5.90. The van der Waals surface area contributed by atoms with Gasteiger partial charge in [-0.25, -0.2) is 0 Å². The maximum atomic E-state index is 13.0. The lowest BCUT2D eigenvalue weighted by Gasteiger charge is -2.49. The molecule has 7 nitrogen and oxygen atoms in total. The number of nitrogens with zero attached hydrogens (tertiary/aromatic N) is 3. The predicted octanol–water partition coefficient (Wildman–Crippen LogP) is 3.89. The molecule has 2 aliphatic carbocycles. The van der Waals surface area contributed by atoms with E-state index in [0.717, 1.165) is 42.9 Å². The fourth-order valence-corrected chi connectivity index (χ4v) is 6.49. The number of aromatic nitrogens is 2. The molecule has 0 spiro atoms. The third-order valence-corrected chi connectivity index (χ3v) is 8.42. The Hall–Kier alpha value is -2.12. The van der Waals surface area contributed by atoms with Crippen molar-refractivity contribution in [2.75, 3.05) is 19.6 Å². The summed E-state index contributed by atoms with van der Waals surface area (Å²) in [6.07, 6.45) is 13.8. The number of nitrogens with one attached hydrogen (secondary N) is 2. The van der Waals surface area contributed by atoms with Crippen molar-refractivity contribution >= 4 is 5.91 Å². The molecule has 2 N–H and O–H groups in total. The Balaban J connectivity index is 1.24. The first-order chi connectivity index (χ1) is 16.5. The van der Waals surface area contributed by atoms with Crippen LogP contribution in [0.1, 0.15) is 91.1 Å². The zero-order chi connectivity index (χ0) is 23.5. The van der Waals surface area contributed by atoms with Gasteiger partial charge in [0.1, 0.15) is 11.5 Å². The van der Waals surface area contributed by atoms with Gasteiger partial charge in [-0.3, -0.25) is 14.4 Å². The second kappa shape index (κ2) is 10.2. The van der Waals surface area contributed by atoms with Crippen molar-refractivity contribution in [3.8, 4) is 0 Å². The summed E-state index contributed by atoms with van der Waals surface area (Å²) in [5.41, 5.74) is 3.24. The van der Waals surface area contributed by atoms with Crippen LogP contribution in [-0.4, -0.2) is 51.8 Å². The van der Waals surface area contributed by atoms with Crippen LogP contribution in [0.4, 0.5) is 0 Å². The molecule has 3 aliphatic rings. The minimum Gasteiger partial charge on any atom is -0.465 e. The Morgan fingerprint density at radius 3 is 2.65 bits per heavy atom. The molecule has 34 heavy (non-hydrogen) atoms. The van der Waals surface area contributed by atoms with Gasteiger partial charge in [-0.1, -0.05) is 25.7 Å². The number of carbonyl (C=O) groups excluding carboxylic acids is 1. The zero-order valence-corrected chi connectivity index (χ0v) is 21.0. The summed E-state index contributed by atoms with van der Waals surface area (Å²) in [5.74, 6) is 1.52. The van der Waals surface area contributed by atoms with Gasteiger partial charge in [-0.2, -0.15) is 5.10 Å². The molecule has 2 aromatic heterocycles. The molecule has 1 atom stereocenters. The van der Waals surface area contributed by atoms with E-state index in [1.54, 1.807) is 0 Å². The second-order valence-electron chi connectivity index (χ2n) is 10.7. The smallest absolute Gasteiger partial charge is 0.272 e. The normalized spacial score (nSPS) is 22.9. The quantitative estimate of drug-likeness (QED) is 0.646. The van der Waals surface area contributed by atoms with Crippen molar-refractivity contribution in [3.63, 3.8) is 0 Å². The topological polar surface area (TPSA) is 75.3 Å². The van der Waals surface area contributed by atoms with Gasteiger partial charge in [0.25, 0.3) is 5.91 Å². The molecule has 7 heteroatoms. The first-order valence-electron chi connectivity index (χ1n) is 13.4. The Bertz CT molecular complexity index is 981. The summed E-state index contributed by atoms with van der Waals surface area (Å²) < 4.78 is 7.51. The van der Waals surface area contributed by atoms with Gasteiger partial charge in [0, 0.05) is 36.4 Å². The SMILES string of the molecule is Cc1ccc(CNC(=O)c2nn(C)c3c2C[C@H](NCC2(N4CCCCC4)CCCCC2)CC3)o1. The van der Waals surface area contributed by atoms with Gasteiger partial charge < -0.3 is 15.1 Å². The highest BCUT2D eigenvalue weighted by atomic mass is 16.3. The number of fused-ring (bicyclic) bond motifs is 1. The number of aryl methyl sites for hydroxylation is 2. The predicted molar refractivity (Wildman–Crippen MR) is 133 cm³/mol. The van der Waals surface area contributed by atoms with Crippen LogP contribution < -0.4 is 10.6 Å². The molecule has 1 saturated heterocycles. The van der Waals surface area contributed by atoms with Crippen LogP contribution in [-0.2, 0) is 26.4 Å². The molecule has 2 fully saturated rings. The molecular formula is C27H41N5O2. The summed E-state index contributed by atoms with van der Waals surface area (Å²) in [5, 5.41) is 11.6. The third kappa shape index (κ3) is 4.96. The Morgan fingerprint density at radius 2 is 1.91 bits per heavy atom. The van der Waals surface area contributed by atoms with E-state index in [-0.39, 0.29) is 5.91 Å². The van der Waals surface area contributed by atoms with Crippen molar-refractivity contribution in [2.45, 2.75) is 95.7 Å². The molecule has 1 saturated carbocycles. The number of hydrogen-bond donors (Lipinski definition) is 2. The van der Waals surface area contributed by atoms with Gasteiger partial charge in [0.2, 0.25) is 0 Å². The van der Waals surface area contributed by atoms with Gasteiger partial charge in [-0.15, -0.1) is 0 Å². The number of hydrogen-bond acceptors (Lipinski definition) is 5. The summed E-state index contributed by atoms with van der Waals surface area (Å²) in [7, 11) is 1.96. The van der Waals surface area contributed by atoms with E-state index in [1.807, 2.05) is 30.8 Å². The molecule has 3 heterocycles. The highest BCUT2D eigenvalue weighted by Gasteiger charge is 2.39. The van der Waals surface area contributed by atoms with E-state index >= 15 is 0 Å². The molecule has 2 aromatic rings. The first kappa shape index (κ1) is 23.6. The maximum Gasteiger partial charge on any atom is 0.272 e. The molecule has 1 amide bonds. The third-order valence-electron chi connectivity index (χ3n) is 8.42. The van der Waals surface area contributed by atoms with Gasteiger partial charge >= 0.3 is 0 Å². The highest BCUT2D eigenvalue weighted by molar-refractivity contribution is 5.94. The van der Waals surface area contributed by atoms with E-state index in [0.29, 0.717) is 23.8 Å². The number of furan rings is 1. The molecule has 0 bridgehead atoms. The Morgan fingerprint density at radius 1 is 1.15 bits per heavy atom. The standard InChI is InChI=1S/C27H41N5O2/c1-20-9-11-22(34-20)18-28-26(33)25-23-17-21(10-12-24(23)31(2)30-25)29-19-27(13-5-3-6-14-27)32-15-7-4-8-16-32/h9,11,21,29H,3-8,10,12-19H2,1-2H3,(H,28,33)/t21-/m1/s1. The lowest BCUT2D eigenvalue weighted by atomic mass is 9.78. The van der Waals surface area contributed by atoms with E-state index < -0.39 is 0 Å². The van der Waals surface area contributed by atoms with Crippen molar-refractivity contribution in [1.29, 1.82) is 0 Å². The molecular weight excluding hydrogens is 426 g/mol. The minimum atomic E-state index is -0.108. The van der Waals surface area contributed by atoms with Gasteiger partial charge in [0.15, 0.2) is 5.69 Å². The number of carbonyl (C=O) groups is 1. The largest absolute Gasteiger partial charge is 0.465 e. The molecule has 0 aromatic carbocycles. The molecule has 0 radical (unpaired) electrons.